The molecule has 1 atom stereocenters. The van der Waals surface area contributed by atoms with Crippen LogP contribution in [0.5, 0.6) is 0 Å². The molecule has 1 N–H and O–H groups in total. The zero-order valence-corrected chi connectivity index (χ0v) is 16.1. The minimum atomic E-state index is -0.148. The Morgan fingerprint density at radius 1 is 1.30 bits per heavy atom. The Bertz CT molecular complexity index is 843. The Hall–Kier alpha value is -2.41. The molecule has 1 aromatic carbocycles. The number of nitrogens with zero attached hydrogens (tertiary/aromatic N) is 3. The standard InChI is InChI=1S/C20H28N4O3/c1-3-6-15(2)21-18(25)9-10-24-17-8-5-4-7-16(17)22-19(20(24)26)23-11-13-27-14-12-23/h4-5,7-8,15H,3,6,9-14H2,1-2H3,(H,21,25). The van der Waals surface area contributed by atoms with E-state index in [4.69, 9.17) is 4.74 Å². The van der Waals surface area contributed by atoms with Gasteiger partial charge in [0.25, 0.3) is 5.56 Å². The zero-order valence-electron chi connectivity index (χ0n) is 16.1. The molecule has 1 aliphatic rings. The van der Waals surface area contributed by atoms with Crippen LogP contribution in [0.4, 0.5) is 5.82 Å². The molecular formula is C20H28N4O3. The Morgan fingerprint density at radius 2 is 2.04 bits per heavy atom. The van der Waals surface area contributed by atoms with Gasteiger partial charge in [-0.05, 0) is 25.5 Å². The molecule has 1 aromatic heterocycles. The summed E-state index contributed by atoms with van der Waals surface area (Å²) in [5, 5.41) is 3.00. The molecule has 3 rings (SSSR count). The molecule has 1 fully saturated rings. The summed E-state index contributed by atoms with van der Waals surface area (Å²) in [4.78, 5) is 31.9. The molecule has 1 unspecified atom stereocenters. The van der Waals surface area contributed by atoms with Gasteiger partial charge in [0.1, 0.15) is 0 Å². The third-order valence-electron chi connectivity index (χ3n) is 4.84. The maximum absolute atomic E-state index is 13.1. The van der Waals surface area contributed by atoms with Crippen LogP contribution in [0.25, 0.3) is 11.0 Å². The number of hydrogen-bond donors (Lipinski definition) is 1. The number of rotatable bonds is 7. The van der Waals surface area contributed by atoms with Crippen LogP contribution in [-0.4, -0.2) is 47.8 Å². The Morgan fingerprint density at radius 3 is 2.78 bits per heavy atom. The van der Waals surface area contributed by atoms with Crippen LogP contribution >= 0.6 is 0 Å². The molecule has 0 spiro atoms. The lowest BCUT2D eigenvalue weighted by Gasteiger charge is -2.28. The quantitative estimate of drug-likeness (QED) is 0.804. The van der Waals surface area contributed by atoms with Crippen LogP contribution in [0.3, 0.4) is 0 Å². The Labute approximate surface area is 159 Å². The highest BCUT2D eigenvalue weighted by Crippen LogP contribution is 2.16. The van der Waals surface area contributed by atoms with E-state index in [9.17, 15) is 9.59 Å². The number of fused-ring (bicyclic) bond motifs is 1. The van der Waals surface area contributed by atoms with Crippen molar-refractivity contribution in [3.8, 4) is 0 Å². The van der Waals surface area contributed by atoms with Gasteiger partial charge < -0.3 is 19.5 Å². The molecule has 0 bridgehead atoms. The number of carbonyl (C=O) groups excluding carboxylic acids is 1. The number of aromatic nitrogens is 2. The third kappa shape index (κ3) is 4.66. The molecule has 7 nitrogen and oxygen atoms in total. The van der Waals surface area contributed by atoms with E-state index in [2.05, 4.69) is 17.2 Å². The van der Waals surface area contributed by atoms with Crippen molar-refractivity contribution in [3.05, 3.63) is 34.6 Å². The molecule has 1 amide bonds. The largest absolute Gasteiger partial charge is 0.378 e. The average Bonchev–Trinajstić information content (AvgIpc) is 2.67. The first-order valence-corrected chi connectivity index (χ1v) is 9.71. The summed E-state index contributed by atoms with van der Waals surface area (Å²) in [5.74, 6) is 0.411. The smallest absolute Gasteiger partial charge is 0.294 e. The van der Waals surface area contributed by atoms with Crippen molar-refractivity contribution in [1.82, 2.24) is 14.9 Å². The molecule has 1 saturated heterocycles. The number of carbonyl (C=O) groups is 1. The highest BCUT2D eigenvalue weighted by Gasteiger charge is 2.19. The summed E-state index contributed by atoms with van der Waals surface area (Å²) < 4.78 is 7.06. The molecule has 0 radical (unpaired) electrons. The van der Waals surface area contributed by atoms with E-state index in [1.54, 1.807) is 4.57 Å². The predicted molar refractivity (Wildman–Crippen MR) is 106 cm³/mol. The first kappa shape index (κ1) is 19.4. The number of para-hydroxylation sites is 2. The second-order valence-corrected chi connectivity index (χ2v) is 6.99. The number of nitrogens with one attached hydrogen (secondary N) is 1. The number of hydrogen-bond acceptors (Lipinski definition) is 5. The number of amides is 1. The fraction of sp³-hybridized carbons (Fsp3) is 0.550. The summed E-state index contributed by atoms with van der Waals surface area (Å²) in [5.41, 5.74) is 1.37. The first-order valence-electron chi connectivity index (χ1n) is 9.71. The van der Waals surface area contributed by atoms with Crippen molar-refractivity contribution < 1.29 is 9.53 Å². The normalized spacial score (nSPS) is 15.7. The minimum Gasteiger partial charge on any atom is -0.378 e. The summed E-state index contributed by atoms with van der Waals surface area (Å²) in [7, 11) is 0. The Kier molecular flexibility index (Phi) is 6.45. The van der Waals surface area contributed by atoms with E-state index in [1.807, 2.05) is 36.1 Å². The van der Waals surface area contributed by atoms with Gasteiger partial charge in [0.2, 0.25) is 5.91 Å². The van der Waals surface area contributed by atoms with Gasteiger partial charge in [0, 0.05) is 32.1 Å². The highest BCUT2D eigenvalue weighted by molar-refractivity contribution is 5.78. The monoisotopic (exact) mass is 372 g/mol. The summed E-state index contributed by atoms with van der Waals surface area (Å²) in [6, 6.07) is 7.73. The first-order chi connectivity index (χ1) is 13.1. The van der Waals surface area contributed by atoms with Crippen molar-refractivity contribution in [3.63, 3.8) is 0 Å². The van der Waals surface area contributed by atoms with Crippen LogP contribution in [-0.2, 0) is 16.1 Å². The van der Waals surface area contributed by atoms with Gasteiger partial charge in [-0.2, -0.15) is 0 Å². The molecule has 27 heavy (non-hydrogen) atoms. The van der Waals surface area contributed by atoms with Crippen LogP contribution in [0.1, 0.15) is 33.1 Å². The van der Waals surface area contributed by atoms with Crippen molar-refractivity contribution in [1.29, 1.82) is 0 Å². The van der Waals surface area contributed by atoms with Gasteiger partial charge in [-0.25, -0.2) is 4.98 Å². The molecule has 7 heteroatoms. The number of ether oxygens (including phenoxy) is 1. The maximum atomic E-state index is 13.1. The number of benzene rings is 1. The molecule has 146 valence electrons. The topological polar surface area (TPSA) is 76.5 Å². The van der Waals surface area contributed by atoms with Gasteiger partial charge in [0.05, 0.1) is 24.2 Å². The average molecular weight is 372 g/mol. The second-order valence-electron chi connectivity index (χ2n) is 6.99. The van der Waals surface area contributed by atoms with E-state index < -0.39 is 0 Å². The Balaban J connectivity index is 1.85. The van der Waals surface area contributed by atoms with Crippen LogP contribution in [0.15, 0.2) is 29.1 Å². The van der Waals surface area contributed by atoms with E-state index in [0.717, 1.165) is 23.9 Å². The van der Waals surface area contributed by atoms with Crippen LogP contribution < -0.4 is 15.8 Å². The van der Waals surface area contributed by atoms with E-state index >= 15 is 0 Å². The van der Waals surface area contributed by atoms with Gasteiger partial charge >= 0.3 is 0 Å². The van der Waals surface area contributed by atoms with Gasteiger partial charge in [-0.3, -0.25) is 9.59 Å². The predicted octanol–water partition coefficient (Wildman–Crippen LogP) is 1.93. The summed E-state index contributed by atoms with van der Waals surface area (Å²) >= 11 is 0. The lowest BCUT2D eigenvalue weighted by molar-refractivity contribution is -0.121. The summed E-state index contributed by atoms with van der Waals surface area (Å²) in [6.45, 7) is 6.91. The molecule has 1 aliphatic heterocycles. The lowest BCUT2D eigenvalue weighted by atomic mass is 10.2. The molecular weight excluding hydrogens is 344 g/mol. The molecule has 2 heterocycles. The lowest BCUT2D eigenvalue weighted by Crippen LogP contribution is -2.41. The number of anilines is 1. The highest BCUT2D eigenvalue weighted by atomic mass is 16.5. The fourth-order valence-corrected chi connectivity index (χ4v) is 3.45. The van der Waals surface area contributed by atoms with Gasteiger partial charge in [0.15, 0.2) is 5.82 Å². The van der Waals surface area contributed by atoms with E-state index in [0.29, 0.717) is 38.7 Å². The SMILES string of the molecule is CCCC(C)NC(=O)CCn1c(=O)c(N2CCOCC2)nc2ccccc21. The van der Waals surface area contributed by atoms with Crippen molar-refractivity contribution in [2.45, 2.75) is 45.7 Å². The van der Waals surface area contributed by atoms with Crippen LogP contribution in [0.2, 0.25) is 0 Å². The fourth-order valence-electron chi connectivity index (χ4n) is 3.45. The third-order valence-corrected chi connectivity index (χ3v) is 4.84. The number of morpholine rings is 1. The summed E-state index contributed by atoms with van der Waals surface area (Å²) in [6.07, 6.45) is 2.24. The molecule has 0 aliphatic carbocycles. The van der Waals surface area contributed by atoms with Crippen molar-refractivity contribution in [2.75, 3.05) is 31.2 Å². The maximum Gasteiger partial charge on any atom is 0.294 e. The molecule has 2 aromatic rings. The second kappa shape index (κ2) is 8.99. The zero-order chi connectivity index (χ0) is 19.2. The van der Waals surface area contributed by atoms with Crippen LogP contribution in [0, 0.1) is 0 Å². The van der Waals surface area contributed by atoms with E-state index in [-0.39, 0.29) is 23.9 Å². The van der Waals surface area contributed by atoms with Crippen molar-refractivity contribution in [2.24, 2.45) is 0 Å². The van der Waals surface area contributed by atoms with Gasteiger partial charge in [-0.15, -0.1) is 0 Å². The molecule has 0 saturated carbocycles. The van der Waals surface area contributed by atoms with Gasteiger partial charge in [-0.1, -0.05) is 25.5 Å². The van der Waals surface area contributed by atoms with E-state index in [1.165, 1.54) is 0 Å². The number of aryl methyl sites for hydroxylation is 1. The minimum absolute atomic E-state index is 0.0309. The van der Waals surface area contributed by atoms with Crippen molar-refractivity contribution >= 4 is 22.8 Å².